The minimum Gasteiger partial charge on any atom is -0.378 e. The van der Waals surface area contributed by atoms with Crippen molar-refractivity contribution in [3.05, 3.63) is 138 Å². The summed E-state index contributed by atoms with van der Waals surface area (Å²) in [4.78, 5) is 6.39. The molecule has 0 aliphatic heterocycles. The molecule has 0 amide bonds. The van der Waals surface area contributed by atoms with E-state index in [4.69, 9.17) is 0 Å². The Morgan fingerprint density at radius 2 is 0.947 bits per heavy atom. The quantitative estimate of drug-likeness (QED) is 0.291. The van der Waals surface area contributed by atoms with Gasteiger partial charge in [-0.1, -0.05) is 78.9 Å². The molecule has 0 radical (unpaired) electrons. The summed E-state index contributed by atoms with van der Waals surface area (Å²) in [6.45, 7) is 0. The van der Waals surface area contributed by atoms with Crippen LogP contribution in [0.2, 0.25) is 0 Å². The maximum absolute atomic E-state index is 2.24. The van der Waals surface area contributed by atoms with Gasteiger partial charge < -0.3 is 14.7 Å². The van der Waals surface area contributed by atoms with Crippen molar-refractivity contribution >= 4 is 28.2 Å². The van der Waals surface area contributed by atoms with Gasteiger partial charge in [0.15, 0.2) is 0 Å². The fraction of sp³-hybridized carbons (Fsp3) is 0.200. The molecule has 0 spiro atoms. The molecular formula is C35H39N3. The van der Waals surface area contributed by atoms with Crippen molar-refractivity contribution in [2.75, 3.05) is 57.0 Å². The molecule has 0 fully saturated rings. The van der Waals surface area contributed by atoms with Crippen LogP contribution in [0.15, 0.2) is 121 Å². The van der Waals surface area contributed by atoms with E-state index in [1.54, 1.807) is 0 Å². The Hall–Kier alpha value is -4.24. The Kier molecular flexibility index (Phi) is 8.70. The third-order valence-corrected chi connectivity index (χ3v) is 6.79. The highest BCUT2D eigenvalue weighted by atomic mass is 15.1. The Labute approximate surface area is 229 Å². The van der Waals surface area contributed by atoms with Gasteiger partial charge in [-0.3, -0.25) is 0 Å². The molecule has 4 rings (SSSR count). The molecule has 0 bridgehead atoms. The van der Waals surface area contributed by atoms with Crippen molar-refractivity contribution in [3.8, 4) is 0 Å². The minimum atomic E-state index is 0.982. The summed E-state index contributed by atoms with van der Waals surface area (Å²) in [5.41, 5.74) is 10.8. The molecule has 3 heteroatoms. The summed E-state index contributed by atoms with van der Waals surface area (Å²) in [6.07, 6.45) is 16.5. The van der Waals surface area contributed by atoms with Crippen LogP contribution in [0.4, 0.5) is 17.1 Å². The number of hydrogen-bond acceptors (Lipinski definition) is 3. The van der Waals surface area contributed by atoms with Gasteiger partial charge in [-0.05, 0) is 76.2 Å². The van der Waals surface area contributed by atoms with Crippen molar-refractivity contribution in [2.24, 2.45) is 0 Å². The summed E-state index contributed by atoms with van der Waals surface area (Å²) in [7, 11) is 12.4. The van der Waals surface area contributed by atoms with E-state index in [-0.39, 0.29) is 0 Å². The van der Waals surface area contributed by atoms with E-state index in [1.807, 2.05) is 0 Å². The van der Waals surface area contributed by atoms with Gasteiger partial charge >= 0.3 is 0 Å². The van der Waals surface area contributed by atoms with Crippen LogP contribution in [0.1, 0.15) is 23.1 Å². The second kappa shape index (κ2) is 12.3. The zero-order chi connectivity index (χ0) is 27.1. The number of benzene rings is 3. The molecule has 194 valence electrons. The zero-order valence-electron chi connectivity index (χ0n) is 23.5. The van der Waals surface area contributed by atoms with Crippen molar-refractivity contribution in [3.63, 3.8) is 0 Å². The van der Waals surface area contributed by atoms with Crippen LogP contribution in [0.25, 0.3) is 11.1 Å². The molecule has 0 saturated heterocycles. The normalized spacial score (nSPS) is 12.5. The van der Waals surface area contributed by atoms with E-state index in [9.17, 15) is 0 Å². The van der Waals surface area contributed by atoms with E-state index in [2.05, 4.69) is 172 Å². The first-order valence-electron chi connectivity index (χ1n) is 13.1. The van der Waals surface area contributed by atoms with E-state index < -0.39 is 0 Å². The average molecular weight is 502 g/mol. The summed E-state index contributed by atoms with van der Waals surface area (Å²) in [5.74, 6) is 0. The summed E-state index contributed by atoms with van der Waals surface area (Å²) in [6, 6.07) is 26.3. The summed E-state index contributed by atoms with van der Waals surface area (Å²) < 4.78 is 0. The molecule has 38 heavy (non-hydrogen) atoms. The summed E-state index contributed by atoms with van der Waals surface area (Å²) in [5, 5.41) is 0. The number of anilines is 3. The second-order valence-corrected chi connectivity index (χ2v) is 10.2. The van der Waals surface area contributed by atoms with Crippen molar-refractivity contribution in [1.82, 2.24) is 0 Å². The fourth-order valence-electron chi connectivity index (χ4n) is 4.48. The molecule has 0 unspecified atom stereocenters. The largest absolute Gasteiger partial charge is 0.378 e. The van der Waals surface area contributed by atoms with Gasteiger partial charge in [0, 0.05) is 59.3 Å². The summed E-state index contributed by atoms with van der Waals surface area (Å²) >= 11 is 0. The van der Waals surface area contributed by atoms with Gasteiger partial charge in [0.05, 0.1) is 0 Å². The molecule has 1 aliphatic carbocycles. The first-order chi connectivity index (χ1) is 18.3. The highest BCUT2D eigenvalue weighted by Crippen LogP contribution is 2.29. The van der Waals surface area contributed by atoms with Crippen LogP contribution >= 0.6 is 0 Å². The number of allylic oxidation sites excluding steroid dienone is 9. The molecule has 0 saturated carbocycles. The van der Waals surface area contributed by atoms with Crippen LogP contribution in [0, 0.1) is 0 Å². The predicted octanol–water partition coefficient (Wildman–Crippen LogP) is 7.84. The Morgan fingerprint density at radius 3 is 1.34 bits per heavy atom. The maximum Gasteiger partial charge on any atom is 0.0361 e. The average Bonchev–Trinajstić information content (AvgIpc) is 2.94. The van der Waals surface area contributed by atoms with Crippen LogP contribution in [-0.2, 0) is 0 Å². The van der Waals surface area contributed by atoms with Crippen LogP contribution in [-0.4, -0.2) is 42.3 Å². The molecule has 3 aromatic carbocycles. The van der Waals surface area contributed by atoms with Crippen LogP contribution in [0.3, 0.4) is 0 Å². The van der Waals surface area contributed by atoms with Gasteiger partial charge in [0.1, 0.15) is 0 Å². The lowest BCUT2D eigenvalue weighted by Gasteiger charge is -2.16. The first-order valence-corrected chi connectivity index (χ1v) is 13.1. The topological polar surface area (TPSA) is 9.72 Å². The standard InChI is InChI=1S/C35H39N3/c1-36(2)31-21-15-28(16-22-31)34(27-11-8-7-9-12-27)13-10-14-35(29-17-23-32(24-18-29)37(3)4)30-19-25-33(26-20-30)38(5)6/h8-26H,7H2,1-6H3. The van der Waals surface area contributed by atoms with Gasteiger partial charge in [-0.2, -0.15) is 0 Å². The maximum atomic E-state index is 2.24. The lowest BCUT2D eigenvalue weighted by molar-refractivity contribution is 1.13. The van der Waals surface area contributed by atoms with E-state index in [1.165, 1.54) is 50.5 Å². The predicted molar refractivity (Wildman–Crippen MR) is 168 cm³/mol. The minimum absolute atomic E-state index is 0.982. The lowest BCUT2D eigenvalue weighted by Crippen LogP contribution is -2.08. The van der Waals surface area contributed by atoms with Gasteiger partial charge in [0.2, 0.25) is 0 Å². The molecule has 3 aromatic rings. The van der Waals surface area contributed by atoms with Crippen LogP contribution < -0.4 is 14.7 Å². The highest BCUT2D eigenvalue weighted by Gasteiger charge is 2.08. The van der Waals surface area contributed by atoms with Gasteiger partial charge in [-0.15, -0.1) is 0 Å². The Bertz CT molecular complexity index is 1300. The van der Waals surface area contributed by atoms with Gasteiger partial charge in [-0.25, -0.2) is 0 Å². The van der Waals surface area contributed by atoms with Crippen molar-refractivity contribution < 1.29 is 0 Å². The third-order valence-electron chi connectivity index (χ3n) is 6.79. The smallest absolute Gasteiger partial charge is 0.0361 e. The Morgan fingerprint density at radius 1 is 0.553 bits per heavy atom. The zero-order valence-corrected chi connectivity index (χ0v) is 23.5. The lowest BCUT2D eigenvalue weighted by atomic mass is 9.94. The molecule has 0 aromatic heterocycles. The molecule has 0 heterocycles. The molecule has 1 aliphatic rings. The third kappa shape index (κ3) is 6.54. The van der Waals surface area contributed by atoms with Gasteiger partial charge in [0.25, 0.3) is 0 Å². The van der Waals surface area contributed by atoms with Crippen LogP contribution in [0.5, 0.6) is 0 Å². The van der Waals surface area contributed by atoms with E-state index in [0.29, 0.717) is 0 Å². The first kappa shape index (κ1) is 26.8. The number of nitrogens with zero attached hydrogens (tertiary/aromatic N) is 3. The SMILES string of the molecule is CN(C)c1ccc(C(=CC=CC(=C2C=CCC=C2)c2ccc(N(C)C)cc2)c2ccc(N(C)C)cc2)cc1. The number of rotatable bonds is 8. The molecular weight excluding hydrogens is 462 g/mol. The van der Waals surface area contributed by atoms with Crippen molar-refractivity contribution in [1.29, 1.82) is 0 Å². The number of hydrogen-bond donors (Lipinski definition) is 0. The Balaban J connectivity index is 1.76. The second-order valence-electron chi connectivity index (χ2n) is 10.2. The van der Waals surface area contributed by atoms with E-state index >= 15 is 0 Å². The molecule has 0 atom stereocenters. The molecule has 0 N–H and O–H groups in total. The fourth-order valence-corrected chi connectivity index (χ4v) is 4.48. The highest BCUT2D eigenvalue weighted by molar-refractivity contribution is 5.85. The molecule has 3 nitrogen and oxygen atoms in total. The van der Waals surface area contributed by atoms with E-state index in [0.717, 1.165) is 6.42 Å². The monoisotopic (exact) mass is 501 g/mol. The van der Waals surface area contributed by atoms with Crippen molar-refractivity contribution in [2.45, 2.75) is 6.42 Å².